The van der Waals surface area contributed by atoms with Gasteiger partial charge in [-0.15, -0.1) is 0 Å². The number of epoxide rings is 1. The summed E-state index contributed by atoms with van der Waals surface area (Å²) in [6, 6.07) is 0. The average molecular weight is 198 g/mol. The lowest BCUT2D eigenvalue weighted by molar-refractivity contribution is -0.161. The zero-order chi connectivity index (χ0) is 10.1. The van der Waals surface area contributed by atoms with Crippen LogP contribution >= 0.6 is 0 Å². The van der Waals surface area contributed by atoms with Crippen molar-refractivity contribution in [2.75, 3.05) is 19.8 Å². The Balaban J connectivity index is 2.23. The summed E-state index contributed by atoms with van der Waals surface area (Å²) in [5.41, 5.74) is -2.54. The van der Waals surface area contributed by atoms with Crippen molar-refractivity contribution >= 4 is 0 Å². The Hall–Kier alpha value is -0.290. The van der Waals surface area contributed by atoms with E-state index in [0.717, 1.165) is 13.8 Å². The Morgan fingerprint density at radius 3 is 2.31 bits per heavy atom. The summed E-state index contributed by atoms with van der Waals surface area (Å²) in [6.07, 6.45) is -0.0708. The Morgan fingerprint density at radius 1 is 1.38 bits per heavy atom. The van der Waals surface area contributed by atoms with E-state index in [2.05, 4.69) is 4.74 Å². The van der Waals surface area contributed by atoms with Gasteiger partial charge in [-0.2, -0.15) is 0 Å². The van der Waals surface area contributed by atoms with Gasteiger partial charge in [0.2, 0.25) is 0 Å². The van der Waals surface area contributed by atoms with Gasteiger partial charge in [-0.1, -0.05) is 0 Å². The fraction of sp³-hybridized carbons (Fsp3) is 1.00. The largest absolute Gasteiger partial charge is 0.372 e. The van der Waals surface area contributed by atoms with E-state index in [9.17, 15) is 13.2 Å². The van der Waals surface area contributed by atoms with Crippen molar-refractivity contribution in [3.63, 3.8) is 0 Å². The summed E-state index contributed by atoms with van der Waals surface area (Å²) >= 11 is 0. The predicted molar refractivity (Wildman–Crippen MR) is 40.7 cm³/mol. The molecule has 1 rings (SSSR count). The summed E-state index contributed by atoms with van der Waals surface area (Å²) in [5, 5.41) is 0. The first-order valence-corrected chi connectivity index (χ1v) is 4.09. The number of alkyl halides is 3. The first-order chi connectivity index (χ1) is 5.83. The Bertz CT molecular complexity index is 173. The molecule has 1 aliphatic heterocycles. The molecular weight excluding hydrogens is 185 g/mol. The molecule has 1 heterocycles. The Labute approximate surface area is 75.0 Å². The van der Waals surface area contributed by atoms with E-state index in [1.54, 1.807) is 0 Å². The Morgan fingerprint density at radius 2 is 1.92 bits per heavy atom. The maximum absolute atomic E-state index is 12.9. The SMILES string of the molecule is CC(C)(F)C(F)(F)COCC1CO1. The zero-order valence-electron chi connectivity index (χ0n) is 7.65. The van der Waals surface area contributed by atoms with Gasteiger partial charge in [0.25, 0.3) is 0 Å². The molecule has 0 saturated carbocycles. The minimum Gasteiger partial charge on any atom is -0.372 e. The van der Waals surface area contributed by atoms with Crippen molar-refractivity contribution in [1.82, 2.24) is 0 Å². The maximum Gasteiger partial charge on any atom is 0.303 e. The third-order valence-electron chi connectivity index (χ3n) is 1.86. The second kappa shape index (κ2) is 3.46. The molecule has 0 bridgehead atoms. The highest BCUT2D eigenvalue weighted by atomic mass is 19.3. The first kappa shape index (κ1) is 10.8. The second-order valence-corrected chi connectivity index (χ2v) is 3.65. The number of hydrogen-bond donors (Lipinski definition) is 0. The lowest BCUT2D eigenvalue weighted by atomic mass is 10.0. The molecule has 1 unspecified atom stereocenters. The van der Waals surface area contributed by atoms with Crippen LogP contribution in [0.2, 0.25) is 0 Å². The summed E-state index contributed by atoms with van der Waals surface area (Å²) in [4.78, 5) is 0. The zero-order valence-corrected chi connectivity index (χ0v) is 7.65. The smallest absolute Gasteiger partial charge is 0.303 e. The molecule has 13 heavy (non-hydrogen) atoms. The molecule has 0 aromatic carbocycles. The third kappa shape index (κ3) is 3.15. The van der Waals surface area contributed by atoms with Gasteiger partial charge in [-0.25, -0.2) is 13.2 Å². The molecule has 0 spiro atoms. The van der Waals surface area contributed by atoms with E-state index in [1.165, 1.54) is 0 Å². The maximum atomic E-state index is 12.9. The first-order valence-electron chi connectivity index (χ1n) is 4.09. The minimum absolute atomic E-state index is 0.0708. The quantitative estimate of drug-likeness (QED) is 0.628. The number of hydrogen-bond acceptors (Lipinski definition) is 2. The third-order valence-corrected chi connectivity index (χ3v) is 1.86. The fourth-order valence-corrected chi connectivity index (χ4v) is 0.654. The normalized spacial score (nSPS) is 23.3. The van der Waals surface area contributed by atoms with E-state index in [0.29, 0.717) is 6.61 Å². The number of rotatable bonds is 5. The monoisotopic (exact) mass is 198 g/mol. The molecule has 0 aromatic heterocycles. The van der Waals surface area contributed by atoms with Crippen LogP contribution in [-0.4, -0.2) is 37.5 Å². The van der Waals surface area contributed by atoms with Gasteiger partial charge in [-0.3, -0.25) is 0 Å². The average Bonchev–Trinajstić information content (AvgIpc) is 2.68. The highest BCUT2D eigenvalue weighted by molar-refractivity contribution is 4.85. The van der Waals surface area contributed by atoms with Gasteiger partial charge < -0.3 is 9.47 Å². The van der Waals surface area contributed by atoms with Crippen LogP contribution in [0.4, 0.5) is 13.2 Å². The molecule has 1 aliphatic rings. The highest BCUT2D eigenvalue weighted by Gasteiger charge is 2.47. The van der Waals surface area contributed by atoms with Crippen LogP contribution < -0.4 is 0 Å². The van der Waals surface area contributed by atoms with Gasteiger partial charge in [0, 0.05) is 0 Å². The lowest BCUT2D eigenvalue weighted by Crippen LogP contribution is -2.43. The summed E-state index contributed by atoms with van der Waals surface area (Å²) < 4.78 is 47.9. The minimum atomic E-state index is -3.44. The van der Waals surface area contributed by atoms with Crippen LogP contribution in [0.1, 0.15) is 13.8 Å². The summed E-state index contributed by atoms with van der Waals surface area (Å²) in [6.45, 7) is 1.45. The van der Waals surface area contributed by atoms with Crippen molar-refractivity contribution < 1.29 is 22.6 Å². The van der Waals surface area contributed by atoms with Crippen LogP contribution in [-0.2, 0) is 9.47 Å². The molecule has 0 N–H and O–H groups in total. The molecule has 78 valence electrons. The van der Waals surface area contributed by atoms with E-state index in [4.69, 9.17) is 4.74 Å². The molecule has 2 nitrogen and oxygen atoms in total. The summed E-state index contributed by atoms with van der Waals surface area (Å²) in [7, 11) is 0. The molecule has 0 amide bonds. The van der Waals surface area contributed by atoms with Gasteiger partial charge in [0.1, 0.15) is 12.7 Å². The molecule has 1 saturated heterocycles. The fourth-order valence-electron chi connectivity index (χ4n) is 0.654. The number of halogens is 3. The molecule has 1 atom stereocenters. The molecular formula is C8H13F3O2. The van der Waals surface area contributed by atoms with E-state index in [1.807, 2.05) is 0 Å². The van der Waals surface area contributed by atoms with Crippen LogP contribution in [0.5, 0.6) is 0 Å². The highest BCUT2D eigenvalue weighted by Crippen LogP contribution is 2.32. The van der Waals surface area contributed by atoms with E-state index < -0.39 is 18.2 Å². The van der Waals surface area contributed by atoms with Crippen LogP contribution in [0.15, 0.2) is 0 Å². The van der Waals surface area contributed by atoms with Crippen LogP contribution in [0.25, 0.3) is 0 Å². The van der Waals surface area contributed by atoms with Crippen molar-refractivity contribution in [2.45, 2.75) is 31.5 Å². The molecule has 0 aromatic rings. The van der Waals surface area contributed by atoms with Crippen molar-refractivity contribution in [3.8, 4) is 0 Å². The van der Waals surface area contributed by atoms with E-state index in [-0.39, 0.29) is 12.7 Å². The molecule has 0 radical (unpaired) electrons. The second-order valence-electron chi connectivity index (χ2n) is 3.65. The van der Waals surface area contributed by atoms with Crippen molar-refractivity contribution in [1.29, 1.82) is 0 Å². The summed E-state index contributed by atoms with van der Waals surface area (Å²) in [5.74, 6) is -3.44. The molecule has 1 fully saturated rings. The lowest BCUT2D eigenvalue weighted by Gasteiger charge is -2.26. The van der Waals surface area contributed by atoms with Gasteiger partial charge >= 0.3 is 5.92 Å². The molecule has 5 heteroatoms. The van der Waals surface area contributed by atoms with Crippen LogP contribution in [0, 0.1) is 0 Å². The van der Waals surface area contributed by atoms with Gasteiger partial charge in [-0.05, 0) is 13.8 Å². The van der Waals surface area contributed by atoms with Gasteiger partial charge in [0.15, 0.2) is 5.67 Å². The van der Waals surface area contributed by atoms with E-state index >= 15 is 0 Å². The van der Waals surface area contributed by atoms with Crippen molar-refractivity contribution in [3.05, 3.63) is 0 Å². The number of ether oxygens (including phenoxy) is 2. The van der Waals surface area contributed by atoms with Crippen LogP contribution in [0.3, 0.4) is 0 Å². The van der Waals surface area contributed by atoms with Crippen molar-refractivity contribution in [2.24, 2.45) is 0 Å². The standard InChI is InChI=1S/C8H13F3O2/c1-7(2,9)8(10,11)5-12-3-6-4-13-6/h6H,3-5H2,1-2H3. The molecule has 0 aliphatic carbocycles. The Kier molecular flexibility index (Phi) is 2.87. The predicted octanol–water partition coefficient (Wildman–Crippen LogP) is 1.79. The van der Waals surface area contributed by atoms with Gasteiger partial charge in [0.05, 0.1) is 13.2 Å². The topological polar surface area (TPSA) is 21.8 Å².